The standard InChI is InChI=1S/C37H49ClN4O5/c1-10-35(6,7)25-22-27(36(8,9)11-2)29(47-21-19-28(38)31(39)44)23-26(25)37(32(45)34(3,4)5,42-30(43)18-15-20-40-42)33(46)41-24-16-13-12-14-17-24/h12-18,20,22-23,28H,10-11,19,21H2,1-9H3,(H2,39,44)(H,41,46). The van der Waals surface area contributed by atoms with Crippen molar-refractivity contribution in [2.45, 2.75) is 103 Å². The second-order valence-electron chi connectivity index (χ2n) is 14.3. The van der Waals surface area contributed by atoms with E-state index in [0.29, 0.717) is 23.4 Å². The minimum Gasteiger partial charge on any atom is -0.493 e. The number of benzene rings is 2. The number of nitrogens with one attached hydrogen (secondary N) is 1. The molecule has 10 heteroatoms. The van der Waals surface area contributed by atoms with Gasteiger partial charge in [0.05, 0.1) is 6.61 Å². The van der Waals surface area contributed by atoms with E-state index < -0.39 is 50.3 Å². The van der Waals surface area contributed by atoms with E-state index in [9.17, 15) is 9.59 Å². The van der Waals surface area contributed by atoms with Gasteiger partial charge in [0.25, 0.3) is 11.5 Å². The van der Waals surface area contributed by atoms with Crippen LogP contribution in [0.1, 0.15) is 98.3 Å². The summed E-state index contributed by atoms with van der Waals surface area (Å²) in [4.78, 5) is 55.6. The third-order valence-electron chi connectivity index (χ3n) is 9.08. The lowest BCUT2D eigenvalue weighted by molar-refractivity contribution is -0.141. The molecule has 0 saturated heterocycles. The molecule has 0 aliphatic heterocycles. The van der Waals surface area contributed by atoms with Crippen LogP contribution in [0.3, 0.4) is 0 Å². The van der Waals surface area contributed by atoms with E-state index in [-0.39, 0.29) is 18.6 Å². The van der Waals surface area contributed by atoms with Gasteiger partial charge in [-0.1, -0.05) is 86.6 Å². The molecule has 0 saturated carbocycles. The van der Waals surface area contributed by atoms with E-state index >= 15 is 9.59 Å². The molecule has 3 rings (SSSR count). The molecule has 0 aliphatic carbocycles. The Hall–Kier alpha value is -3.98. The third-order valence-corrected chi connectivity index (χ3v) is 9.51. The molecule has 0 bridgehead atoms. The number of halogens is 1. The van der Waals surface area contributed by atoms with E-state index in [1.54, 1.807) is 51.1 Å². The Morgan fingerprint density at radius 2 is 1.49 bits per heavy atom. The zero-order valence-corrected chi connectivity index (χ0v) is 29.8. The SMILES string of the molecule is CCC(C)(C)c1cc(C(C)(C)CC)c(C(C(=O)Nc2ccccc2)(C(=O)C(C)(C)C)n2ncccc2=O)cc1OCCC(Cl)C(N)=O. The summed E-state index contributed by atoms with van der Waals surface area (Å²) in [6.45, 7) is 17.6. The van der Waals surface area contributed by atoms with Crippen LogP contribution in [0.15, 0.2) is 65.6 Å². The second kappa shape index (κ2) is 14.4. The number of nitrogens with two attached hydrogens (primary N) is 1. The smallest absolute Gasteiger partial charge is 0.268 e. The van der Waals surface area contributed by atoms with Crippen LogP contribution in [0.25, 0.3) is 0 Å². The molecule has 1 aromatic heterocycles. The Kier molecular flexibility index (Phi) is 11.5. The maximum absolute atomic E-state index is 15.1. The van der Waals surface area contributed by atoms with E-state index in [0.717, 1.165) is 16.7 Å². The van der Waals surface area contributed by atoms with Gasteiger partial charge in [0, 0.05) is 40.9 Å². The van der Waals surface area contributed by atoms with Gasteiger partial charge in [-0.15, -0.1) is 11.6 Å². The lowest BCUT2D eigenvalue weighted by atomic mass is 9.66. The van der Waals surface area contributed by atoms with Crippen LogP contribution in [0.2, 0.25) is 0 Å². The number of primary amides is 1. The molecule has 3 aromatic rings. The van der Waals surface area contributed by atoms with Gasteiger partial charge < -0.3 is 15.8 Å². The Balaban J connectivity index is 2.60. The fraction of sp³-hybridized carbons (Fsp3) is 0.486. The van der Waals surface area contributed by atoms with Crippen molar-refractivity contribution >= 4 is 34.9 Å². The van der Waals surface area contributed by atoms with Crippen molar-refractivity contribution in [3.8, 4) is 5.75 Å². The summed E-state index contributed by atoms with van der Waals surface area (Å²) in [6.07, 6.45) is 2.92. The summed E-state index contributed by atoms with van der Waals surface area (Å²) in [5.74, 6) is -1.53. The van der Waals surface area contributed by atoms with E-state index in [4.69, 9.17) is 22.1 Å². The van der Waals surface area contributed by atoms with Crippen LogP contribution in [0, 0.1) is 5.41 Å². The predicted molar refractivity (Wildman–Crippen MR) is 187 cm³/mol. The summed E-state index contributed by atoms with van der Waals surface area (Å²) in [7, 11) is 0. The number of ketones is 1. The Bertz CT molecular complexity index is 1660. The molecule has 0 fully saturated rings. The van der Waals surface area contributed by atoms with Crippen molar-refractivity contribution in [2.24, 2.45) is 11.1 Å². The molecule has 2 unspecified atom stereocenters. The van der Waals surface area contributed by atoms with Crippen LogP contribution in [-0.4, -0.2) is 39.4 Å². The van der Waals surface area contributed by atoms with Gasteiger partial charge in [-0.05, 0) is 53.5 Å². The van der Waals surface area contributed by atoms with Crippen molar-refractivity contribution in [3.05, 3.63) is 87.8 Å². The molecule has 47 heavy (non-hydrogen) atoms. The van der Waals surface area contributed by atoms with Crippen molar-refractivity contribution < 1.29 is 19.1 Å². The number of anilines is 1. The Morgan fingerprint density at radius 3 is 2.02 bits per heavy atom. The number of para-hydroxylation sites is 1. The molecular weight excluding hydrogens is 616 g/mol. The van der Waals surface area contributed by atoms with Gasteiger partial charge in [-0.25, -0.2) is 4.68 Å². The highest BCUT2D eigenvalue weighted by atomic mass is 35.5. The van der Waals surface area contributed by atoms with Crippen LogP contribution >= 0.6 is 11.6 Å². The van der Waals surface area contributed by atoms with Gasteiger partial charge in [-0.3, -0.25) is 19.2 Å². The number of alkyl halides is 1. The first-order valence-corrected chi connectivity index (χ1v) is 16.5. The molecule has 0 spiro atoms. The number of Topliss-reactive ketones (excluding diaryl/α,β-unsaturated/α-hetero) is 1. The molecule has 0 aliphatic rings. The summed E-state index contributed by atoms with van der Waals surface area (Å²) < 4.78 is 7.37. The van der Waals surface area contributed by atoms with E-state index in [1.807, 2.05) is 32.9 Å². The first-order valence-electron chi connectivity index (χ1n) is 16.1. The van der Waals surface area contributed by atoms with Crippen molar-refractivity contribution in [2.75, 3.05) is 11.9 Å². The summed E-state index contributed by atoms with van der Waals surface area (Å²) in [5.41, 5.74) is 2.70. The van der Waals surface area contributed by atoms with Crippen molar-refractivity contribution in [1.82, 2.24) is 9.78 Å². The number of amides is 2. The maximum atomic E-state index is 15.1. The Labute approximate surface area is 283 Å². The maximum Gasteiger partial charge on any atom is 0.268 e. The molecule has 1 heterocycles. The fourth-order valence-electron chi connectivity index (χ4n) is 5.43. The number of ether oxygens (including phenoxy) is 1. The van der Waals surface area contributed by atoms with E-state index in [1.165, 1.54) is 18.3 Å². The molecule has 2 amide bonds. The highest BCUT2D eigenvalue weighted by molar-refractivity contribution is 6.30. The fourth-order valence-corrected chi connectivity index (χ4v) is 5.52. The topological polar surface area (TPSA) is 133 Å². The molecule has 254 valence electrons. The normalized spacial score (nSPS) is 14.2. The predicted octanol–water partition coefficient (Wildman–Crippen LogP) is 6.48. The van der Waals surface area contributed by atoms with Gasteiger partial charge >= 0.3 is 0 Å². The molecule has 9 nitrogen and oxygen atoms in total. The lowest BCUT2D eigenvalue weighted by Crippen LogP contribution is -2.61. The first-order chi connectivity index (χ1) is 21.8. The lowest BCUT2D eigenvalue weighted by Gasteiger charge is -2.41. The average molecular weight is 665 g/mol. The van der Waals surface area contributed by atoms with Crippen molar-refractivity contribution in [1.29, 1.82) is 0 Å². The number of aromatic nitrogens is 2. The number of nitrogens with zero attached hydrogens (tertiary/aromatic N) is 2. The van der Waals surface area contributed by atoms with Gasteiger partial charge in [-0.2, -0.15) is 5.10 Å². The molecule has 3 N–H and O–H groups in total. The third kappa shape index (κ3) is 7.78. The number of hydrogen-bond acceptors (Lipinski definition) is 6. The van der Waals surface area contributed by atoms with Crippen LogP contribution in [-0.2, 0) is 30.8 Å². The zero-order valence-electron chi connectivity index (χ0n) is 29.1. The molecule has 0 radical (unpaired) electrons. The number of carbonyl (C=O) groups is 3. The van der Waals surface area contributed by atoms with Gasteiger partial charge in [0.2, 0.25) is 11.4 Å². The van der Waals surface area contributed by atoms with Gasteiger partial charge in [0.15, 0.2) is 5.78 Å². The monoisotopic (exact) mass is 664 g/mol. The van der Waals surface area contributed by atoms with Crippen LogP contribution < -0.4 is 21.3 Å². The first kappa shape index (κ1) is 37.5. The number of hydrogen-bond donors (Lipinski definition) is 2. The number of rotatable bonds is 14. The Morgan fingerprint density at radius 1 is 0.894 bits per heavy atom. The highest BCUT2D eigenvalue weighted by Gasteiger charge is 2.56. The molecular formula is C37H49ClN4O5. The molecule has 2 atom stereocenters. The van der Waals surface area contributed by atoms with Crippen molar-refractivity contribution in [3.63, 3.8) is 0 Å². The average Bonchev–Trinajstić information content (AvgIpc) is 3.01. The second-order valence-corrected chi connectivity index (χ2v) is 14.8. The van der Waals surface area contributed by atoms with Crippen LogP contribution in [0.5, 0.6) is 5.75 Å². The molecule has 2 aromatic carbocycles. The highest BCUT2D eigenvalue weighted by Crippen LogP contribution is 2.46. The quantitative estimate of drug-likeness (QED) is 0.150. The van der Waals surface area contributed by atoms with Gasteiger partial charge in [0.1, 0.15) is 11.1 Å². The zero-order chi connectivity index (χ0) is 35.4. The summed E-state index contributed by atoms with van der Waals surface area (Å²) in [6, 6.07) is 15.2. The summed E-state index contributed by atoms with van der Waals surface area (Å²) in [5, 5.41) is 6.40. The minimum atomic E-state index is -2.26. The minimum absolute atomic E-state index is 0.0415. The largest absolute Gasteiger partial charge is 0.493 e. The van der Waals surface area contributed by atoms with E-state index in [2.05, 4.69) is 31.2 Å². The summed E-state index contributed by atoms with van der Waals surface area (Å²) >= 11 is 6.16. The number of carbonyl (C=O) groups excluding carboxylic acids is 3. The van der Waals surface area contributed by atoms with Crippen LogP contribution in [0.4, 0.5) is 5.69 Å².